The Bertz CT molecular complexity index is 591. The van der Waals surface area contributed by atoms with E-state index in [-0.39, 0.29) is 0 Å². The molecule has 1 N–H and O–H groups in total. The molecule has 1 aromatic rings. The Balaban J connectivity index is 2.22. The largest absolute Gasteiger partial charge is 0.486 e. The molecule has 3 rings (SSSR count). The molecule has 0 saturated heterocycles. The van der Waals surface area contributed by atoms with Gasteiger partial charge in [0, 0.05) is 16.7 Å². The second kappa shape index (κ2) is 5.99. The van der Waals surface area contributed by atoms with E-state index in [0.717, 1.165) is 30.4 Å². The smallest absolute Gasteiger partial charge is 0.314 e. The lowest BCUT2D eigenvalue weighted by Gasteiger charge is -2.37. The summed E-state index contributed by atoms with van der Waals surface area (Å²) in [4.78, 5) is 12.1. The molecule has 1 heterocycles. The SMILES string of the molecule is CCc1c2c(cc(Cl)c1C1(C(=O)O)CCCCC1)OCCO2. The quantitative estimate of drug-likeness (QED) is 0.914. The summed E-state index contributed by atoms with van der Waals surface area (Å²) in [6, 6.07) is 1.73. The molecule has 120 valence electrons. The molecule has 1 aromatic carbocycles. The Morgan fingerprint density at radius 2 is 1.95 bits per heavy atom. The maximum atomic E-state index is 12.1. The molecule has 0 amide bonds. The molecule has 0 aromatic heterocycles. The van der Waals surface area contributed by atoms with Gasteiger partial charge in [-0.3, -0.25) is 4.79 Å². The van der Waals surface area contributed by atoms with Crippen molar-refractivity contribution < 1.29 is 19.4 Å². The first-order valence-electron chi connectivity index (χ1n) is 7.95. The molecule has 0 spiro atoms. The van der Waals surface area contributed by atoms with Gasteiger partial charge < -0.3 is 14.6 Å². The minimum Gasteiger partial charge on any atom is -0.486 e. The minimum atomic E-state index is -0.892. The molecule has 4 nitrogen and oxygen atoms in total. The van der Waals surface area contributed by atoms with E-state index in [2.05, 4.69) is 0 Å². The number of aliphatic carboxylic acids is 1. The van der Waals surface area contributed by atoms with Crippen molar-refractivity contribution in [1.82, 2.24) is 0 Å². The molecule has 1 fully saturated rings. The van der Waals surface area contributed by atoms with E-state index in [1.807, 2.05) is 6.92 Å². The molecular weight excluding hydrogens is 304 g/mol. The Morgan fingerprint density at radius 3 is 2.59 bits per heavy atom. The molecule has 5 heteroatoms. The molecule has 1 aliphatic carbocycles. The molecule has 0 radical (unpaired) electrons. The summed E-state index contributed by atoms with van der Waals surface area (Å²) in [5.74, 6) is 0.535. The van der Waals surface area contributed by atoms with Crippen LogP contribution in [0.25, 0.3) is 0 Å². The van der Waals surface area contributed by atoms with Gasteiger partial charge in [-0.25, -0.2) is 0 Å². The van der Waals surface area contributed by atoms with Crippen LogP contribution in [0.15, 0.2) is 6.07 Å². The number of rotatable bonds is 3. The van der Waals surface area contributed by atoms with Crippen molar-refractivity contribution in [2.75, 3.05) is 13.2 Å². The van der Waals surface area contributed by atoms with Crippen molar-refractivity contribution in [1.29, 1.82) is 0 Å². The number of hydrogen-bond donors (Lipinski definition) is 1. The first kappa shape index (κ1) is 15.5. The van der Waals surface area contributed by atoms with E-state index in [9.17, 15) is 9.90 Å². The maximum Gasteiger partial charge on any atom is 0.314 e. The average Bonchev–Trinajstić information content (AvgIpc) is 2.54. The Hall–Kier alpha value is -1.42. The second-order valence-corrected chi connectivity index (χ2v) is 6.44. The number of ether oxygens (including phenoxy) is 2. The molecular formula is C17H21ClO4. The summed E-state index contributed by atoms with van der Waals surface area (Å²) in [5.41, 5.74) is 0.746. The number of benzene rings is 1. The summed E-state index contributed by atoms with van der Waals surface area (Å²) < 4.78 is 11.4. The Kier molecular flexibility index (Phi) is 4.22. The van der Waals surface area contributed by atoms with Crippen LogP contribution in [0, 0.1) is 0 Å². The number of carbonyl (C=O) groups is 1. The van der Waals surface area contributed by atoms with E-state index < -0.39 is 11.4 Å². The summed E-state index contributed by atoms with van der Waals surface area (Å²) >= 11 is 6.51. The van der Waals surface area contributed by atoms with E-state index in [0.29, 0.717) is 49.0 Å². The molecule has 1 aliphatic heterocycles. The predicted octanol–water partition coefficient (Wildman–Crippen LogP) is 3.96. The van der Waals surface area contributed by atoms with Crippen LogP contribution in [0.2, 0.25) is 5.02 Å². The number of hydrogen-bond acceptors (Lipinski definition) is 3. The fourth-order valence-electron chi connectivity index (χ4n) is 3.80. The van der Waals surface area contributed by atoms with Gasteiger partial charge in [0.15, 0.2) is 11.5 Å². The van der Waals surface area contributed by atoms with Crippen LogP contribution in [0.5, 0.6) is 11.5 Å². The first-order valence-corrected chi connectivity index (χ1v) is 8.33. The van der Waals surface area contributed by atoms with E-state index in [4.69, 9.17) is 21.1 Å². The summed E-state index contributed by atoms with van der Waals surface area (Å²) in [6.07, 6.45) is 4.86. The summed E-state index contributed by atoms with van der Waals surface area (Å²) in [7, 11) is 0. The van der Waals surface area contributed by atoms with Crippen LogP contribution in [0.3, 0.4) is 0 Å². The first-order chi connectivity index (χ1) is 10.6. The normalized spacial score (nSPS) is 19.7. The zero-order chi connectivity index (χ0) is 15.7. The van der Waals surface area contributed by atoms with Gasteiger partial charge in [0.1, 0.15) is 13.2 Å². The standard InChI is InChI=1S/C17H21ClO4/c1-2-11-14(17(16(19)20)6-4-3-5-7-17)12(18)10-13-15(11)22-9-8-21-13/h10H,2-9H2,1H3,(H,19,20). The van der Waals surface area contributed by atoms with E-state index in [1.165, 1.54) is 0 Å². The number of carboxylic acids is 1. The third-order valence-corrected chi connectivity index (χ3v) is 5.13. The highest BCUT2D eigenvalue weighted by molar-refractivity contribution is 6.32. The van der Waals surface area contributed by atoms with Gasteiger partial charge in [0.05, 0.1) is 5.41 Å². The lowest BCUT2D eigenvalue weighted by molar-refractivity contribution is -0.145. The minimum absolute atomic E-state index is 0.487. The maximum absolute atomic E-state index is 12.1. The Labute approximate surface area is 135 Å². The van der Waals surface area contributed by atoms with Crippen LogP contribution in [0.4, 0.5) is 0 Å². The zero-order valence-corrected chi connectivity index (χ0v) is 13.5. The topological polar surface area (TPSA) is 55.8 Å². The number of carboxylic acid groups (broad SMARTS) is 1. The van der Waals surface area contributed by atoms with Crippen LogP contribution in [0.1, 0.15) is 50.2 Å². The lowest BCUT2D eigenvalue weighted by atomic mass is 9.67. The van der Waals surface area contributed by atoms with Crippen LogP contribution in [-0.2, 0) is 16.6 Å². The van der Waals surface area contributed by atoms with Gasteiger partial charge in [0.25, 0.3) is 0 Å². The average molecular weight is 325 g/mol. The Morgan fingerprint density at radius 1 is 1.27 bits per heavy atom. The summed E-state index contributed by atoms with van der Waals surface area (Å²) in [5, 5.41) is 10.5. The van der Waals surface area contributed by atoms with Crippen molar-refractivity contribution in [2.24, 2.45) is 0 Å². The van der Waals surface area contributed by atoms with Gasteiger partial charge >= 0.3 is 5.97 Å². The highest BCUT2D eigenvalue weighted by Crippen LogP contribution is 2.49. The van der Waals surface area contributed by atoms with Crippen molar-refractivity contribution in [3.05, 3.63) is 22.2 Å². The summed E-state index contributed by atoms with van der Waals surface area (Å²) in [6.45, 7) is 2.99. The highest BCUT2D eigenvalue weighted by atomic mass is 35.5. The van der Waals surface area contributed by atoms with Crippen molar-refractivity contribution in [3.63, 3.8) is 0 Å². The van der Waals surface area contributed by atoms with Gasteiger partial charge in [-0.15, -0.1) is 0 Å². The van der Waals surface area contributed by atoms with Crippen molar-refractivity contribution in [2.45, 2.75) is 50.9 Å². The third kappa shape index (κ3) is 2.34. The number of fused-ring (bicyclic) bond motifs is 1. The van der Waals surface area contributed by atoms with E-state index in [1.54, 1.807) is 6.07 Å². The van der Waals surface area contributed by atoms with E-state index >= 15 is 0 Å². The van der Waals surface area contributed by atoms with Gasteiger partial charge in [0.2, 0.25) is 0 Å². The van der Waals surface area contributed by atoms with Gasteiger partial charge in [-0.1, -0.05) is 37.8 Å². The van der Waals surface area contributed by atoms with Crippen molar-refractivity contribution >= 4 is 17.6 Å². The fraction of sp³-hybridized carbons (Fsp3) is 0.588. The molecule has 1 saturated carbocycles. The van der Waals surface area contributed by atoms with Gasteiger partial charge in [-0.05, 0) is 24.8 Å². The third-order valence-electron chi connectivity index (χ3n) is 4.83. The van der Waals surface area contributed by atoms with Crippen LogP contribution >= 0.6 is 11.6 Å². The van der Waals surface area contributed by atoms with Gasteiger partial charge in [-0.2, -0.15) is 0 Å². The molecule has 0 atom stereocenters. The highest BCUT2D eigenvalue weighted by Gasteiger charge is 2.45. The van der Waals surface area contributed by atoms with Crippen LogP contribution in [-0.4, -0.2) is 24.3 Å². The second-order valence-electron chi connectivity index (χ2n) is 6.04. The predicted molar refractivity (Wildman–Crippen MR) is 84.2 cm³/mol. The molecule has 22 heavy (non-hydrogen) atoms. The zero-order valence-electron chi connectivity index (χ0n) is 12.8. The van der Waals surface area contributed by atoms with Crippen LogP contribution < -0.4 is 9.47 Å². The lowest BCUT2D eigenvalue weighted by Crippen LogP contribution is -2.39. The number of halogens is 1. The fourth-order valence-corrected chi connectivity index (χ4v) is 4.19. The van der Waals surface area contributed by atoms with Crippen molar-refractivity contribution in [3.8, 4) is 11.5 Å². The molecule has 0 unspecified atom stereocenters. The molecule has 2 aliphatic rings. The molecule has 0 bridgehead atoms. The monoisotopic (exact) mass is 324 g/mol.